The second kappa shape index (κ2) is 10.6. The standard InChI is InChI=1S/C25H26N6O4/c1-35-20-5-3-2-4-19(20)25(34)29-17-10-8-16(9-11-17)28-24-21(22(26)33)23(30-31-24)27-14-15-6-12-18(32)13-7-15/h2-13,22,32-33H,14,26H2,1H3,(H,29,34)(H3,27,28,30,31). The van der Waals surface area contributed by atoms with Gasteiger partial charge < -0.3 is 36.6 Å². The number of hydrogen-bond donors (Lipinski definition) is 7. The van der Waals surface area contributed by atoms with Crippen molar-refractivity contribution in [2.75, 3.05) is 23.1 Å². The minimum Gasteiger partial charge on any atom is -0.508 e. The third-order valence-corrected chi connectivity index (χ3v) is 5.26. The molecule has 0 bridgehead atoms. The van der Waals surface area contributed by atoms with E-state index in [1.807, 2.05) is 0 Å². The van der Waals surface area contributed by atoms with E-state index in [4.69, 9.17) is 10.5 Å². The number of phenolic OH excluding ortho intramolecular Hbond substituents is 1. The van der Waals surface area contributed by atoms with Gasteiger partial charge in [-0.1, -0.05) is 24.3 Å². The van der Waals surface area contributed by atoms with E-state index in [-0.39, 0.29) is 11.7 Å². The molecule has 1 heterocycles. The number of carbonyl (C=O) groups is 1. The molecule has 10 nitrogen and oxygen atoms in total. The highest BCUT2D eigenvalue weighted by molar-refractivity contribution is 6.06. The van der Waals surface area contributed by atoms with Gasteiger partial charge in [0.1, 0.15) is 23.5 Å². The molecular weight excluding hydrogens is 448 g/mol. The molecule has 35 heavy (non-hydrogen) atoms. The first kappa shape index (κ1) is 23.6. The molecule has 180 valence electrons. The van der Waals surface area contributed by atoms with E-state index in [9.17, 15) is 15.0 Å². The van der Waals surface area contributed by atoms with E-state index >= 15 is 0 Å². The molecule has 10 heteroatoms. The van der Waals surface area contributed by atoms with Crippen LogP contribution in [0.15, 0.2) is 72.8 Å². The average Bonchev–Trinajstić information content (AvgIpc) is 3.27. The van der Waals surface area contributed by atoms with Crippen LogP contribution in [-0.4, -0.2) is 33.4 Å². The second-order valence-electron chi connectivity index (χ2n) is 7.68. The number of para-hydroxylation sites is 1. The molecule has 0 aliphatic heterocycles. The molecule has 0 aliphatic rings. The Kier molecular flexibility index (Phi) is 7.15. The van der Waals surface area contributed by atoms with Crippen LogP contribution in [0, 0.1) is 0 Å². The Morgan fingerprint density at radius 3 is 2.43 bits per heavy atom. The van der Waals surface area contributed by atoms with Crippen molar-refractivity contribution in [3.8, 4) is 11.5 Å². The summed E-state index contributed by atoms with van der Waals surface area (Å²) in [6.45, 7) is 0.433. The van der Waals surface area contributed by atoms with Crippen molar-refractivity contribution >= 4 is 28.9 Å². The number of aromatic amines is 1. The van der Waals surface area contributed by atoms with Gasteiger partial charge in [-0.2, -0.15) is 5.10 Å². The minimum absolute atomic E-state index is 0.185. The smallest absolute Gasteiger partial charge is 0.259 e. The number of aromatic hydroxyl groups is 1. The van der Waals surface area contributed by atoms with Crippen molar-refractivity contribution in [2.24, 2.45) is 5.73 Å². The molecule has 0 saturated heterocycles. The molecule has 4 aromatic rings. The van der Waals surface area contributed by atoms with Gasteiger partial charge >= 0.3 is 0 Å². The fourth-order valence-electron chi connectivity index (χ4n) is 3.48. The van der Waals surface area contributed by atoms with E-state index in [0.29, 0.717) is 46.4 Å². The van der Waals surface area contributed by atoms with Gasteiger partial charge in [0.2, 0.25) is 0 Å². The number of anilines is 4. The Labute approximate surface area is 201 Å². The highest BCUT2D eigenvalue weighted by Crippen LogP contribution is 2.29. The number of methoxy groups -OCH3 is 1. The highest BCUT2D eigenvalue weighted by atomic mass is 16.5. The van der Waals surface area contributed by atoms with Crippen LogP contribution in [0.5, 0.6) is 11.5 Å². The van der Waals surface area contributed by atoms with Gasteiger partial charge in [0.25, 0.3) is 5.91 Å². The van der Waals surface area contributed by atoms with Crippen molar-refractivity contribution in [3.63, 3.8) is 0 Å². The van der Waals surface area contributed by atoms with Gasteiger partial charge in [-0.15, -0.1) is 0 Å². The van der Waals surface area contributed by atoms with Crippen LogP contribution in [0.25, 0.3) is 0 Å². The topological polar surface area (TPSA) is 158 Å². The fraction of sp³-hybridized carbons (Fsp3) is 0.120. The van der Waals surface area contributed by atoms with E-state index in [0.717, 1.165) is 5.56 Å². The summed E-state index contributed by atoms with van der Waals surface area (Å²) in [5.41, 5.74) is 8.80. The zero-order chi connectivity index (χ0) is 24.8. The minimum atomic E-state index is -1.28. The third-order valence-electron chi connectivity index (χ3n) is 5.26. The molecule has 0 radical (unpaired) electrons. The summed E-state index contributed by atoms with van der Waals surface area (Å²) < 4.78 is 5.24. The molecule has 0 saturated carbocycles. The number of amides is 1. The molecule has 1 aromatic heterocycles. The van der Waals surface area contributed by atoms with Gasteiger partial charge in [0, 0.05) is 17.9 Å². The maximum atomic E-state index is 12.6. The van der Waals surface area contributed by atoms with Gasteiger partial charge in [-0.25, -0.2) is 0 Å². The van der Waals surface area contributed by atoms with Crippen LogP contribution >= 0.6 is 0 Å². The first-order valence-electron chi connectivity index (χ1n) is 10.8. The van der Waals surface area contributed by atoms with Crippen LogP contribution in [0.2, 0.25) is 0 Å². The number of rotatable bonds is 9. The number of H-pyrrole nitrogens is 1. The van der Waals surface area contributed by atoms with Crippen LogP contribution in [0.3, 0.4) is 0 Å². The fourth-order valence-corrected chi connectivity index (χ4v) is 3.48. The molecular formula is C25H26N6O4. The second-order valence-corrected chi connectivity index (χ2v) is 7.68. The van der Waals surface area contributed by atoms with E-state index in [1.54, 1.807) is 72.8 Å². The number of carbonyl (C=O) groups excluding carboxylic acids is 1. The molecule has 4 rings (SSSR count). The quantitative estimate of drug-likeness (QED) is 0.181. The van der Waals surface area contributed by atoms with Crippen molar-refractivity contribution in [3.05, 3.63) is 89.5 Å². The third kappa shape index (κ3) is 5.69. The summed E-state index contributed by atoms with van der Waals surface area (Å²) in [5, 5.41) is 35.7. The number of benzene rings is 3. The highest BCUT2D eigenvalue weighted by Gasteiger charge is 2.19. The summed E-state index contributed by atoms with van der Waals surface area (Å²) in [5.74, 6) is 1.22. The first-order chi connectivity index (χ1) is 16.9. The van der Waals surface area contributed by atoms with Crippen LogP contribution in [0.1, 0.15) is 27.7 Å². The van der Waals surface area contributed by atoms with Gasteiger partial charge in [-0.05, 0) is 54.1 Å². The molecule has 1 atom stereocenters. The van der Waals surface area contributed by atoms with Crippen molar-refractivity contribution in [1.29, 1.82) is 0 Å². The predicted octanol–water partition coefficient (Wildman–Crippen LogP) is 3.68. The number of nitrogens with one attached hydrogen (secondary N) is 4. The van der Waals surface area contributed by atoms with Gasteiger partial charge in [-0.3, -0.25) is 9.89 Å². The Balaban J connectivity index is 1.43. The molecule has 3 aromatic carbocycles. The molecule has 1 amide bonds. The molecule has 0 aliphatic carbocycles. The molecule has 0 fully saturated rings. The van der Waals surface area contributed by atoms with Crippen LogP contribution < -0.4 is 26.4 Å². The monoisotopic (exact) mass is 474 g/mol. The Bertz CT molecular complexity index is 1290. The number of aromatic nitrogens is 2. The van der Waals surface area contributed by atoms with Crippen molar-refractivity contribution in [2.45, 2.75) is 12.8 Å². The lowest BCUT2D eigenvalue weighted by Gasteiger charge is -2.12. The zero-order valence-electron chi connectivity index (χ0n) is 18.9. The molecule has 1 unspecified atom stereocenters. The van der Waals surface area contributed by atoms with Gasteiger partial charge in [0.05, 0.1) is 18.2 Å². The van der Waals surface area contributed by atoms with E-state index in [1.165, 1.54) is 7.11 Å². The molecule has 8 N–H and O–H groups in total. The lowest BCUT2D eigenvalue weighted by Crippen LogP contribution is -2.13. The number of aliphatic hydroxyl groups excluding tert-OH is 1. The summed E-state index contributed by atoms with van der Waals surface area (Å²) >= 11 is 0. The summed E-state index contributed by atoms with van der Waals surface area (Å²) in [7, 11) is 1.52. The number of nitrogens with zero attached hydrogens (tertiary/aromatic N) is 1. The average molecular weight is 475 g/mol. The Morgan fingerprint density at radius 1 is 1.06 bits per heavy atom. The Morgan fingerprint density at radius 2 is 1.74 bits per heavy atom. The normalized spacial score (nSPS) is 11.5. The van der Waals surface area contributed by atoms with E-state index in [2.05, 4.69) is 26.1 Å². The lowest BCUT2D eigenvalue weighted by molar-refractivity contribution is 0.102. The molecule has 0 spiro atoms. The number of phenols is 1. The predicted molar refractivity (Wildman–Crippen MR) is 134 cm³/mol. The number of hydrogen-bond acceptors (Lipinski definition) is 8. The van der Waals surface area contributed by atoms with Crippen LogP contribution in [-0.2, 0) is 6.54 Å². The SMILES string of the molecule is COc1ccccc1C(=O)Nc1ccc(Nc2n[nH]c(NCc3ccc(O)cc3)c2C(N)O)cc1. The summed E-state index contributed by atoms with van der Waals surface area (Å²) in [6.07, 6.45) is -1.28. The van der Waals surface area contributed by atoms with Crippen molar-refractivity contribution in [1.82, 2.24) is 10.2 Å². The zero-order valence-corrected chi connectivity index (χ0v) is 18.9. The lowest BCUT2D eigenvalue weighted by atomic mass is 10.2. The van der Waals surface area contributed by atoms with Crippen LogP contribution in [0.4, 0.5) is 23.0 Å². The van der Waals surface area contributed by atoms with Gasteiger partial charge in [0.15, 0.2) is 5.82 Å². The summed E-state index contributed by atoms with van der Waals surface area (Å²) in [6, 6.07) is 20.8. The maximum Gasteiger partial charge on any atom is 0.259 e. The maximum absolute atomic E-state index is 12.6. The van der Waals surface area contributed by atoms with Crippen molar-refractivity contribution < 1.29 is 19.7 Å². The number of ether oxygens (including phenoxy) is 1. The van der Waals surface area contributed by atoms with E-state index < -0.39 is 6.23 Å². The largest absolute Gasteiger partial charge is 0.508 e. The Hall–Kier alpha value is -4.54. The number of aliphatic hydroxyl groups is 1. The first-order valence-corrected chi connectivity index (χ1v) is 10.8. The number of nitrogens with two attached hydrogens (primary N) is 1. The summed E-state index contributed by atoms with van der Waals surface area (Å²) in [4.78, 5) is 12.6.